The summed E-state index contributed by atoms with van der Waals surface area (Å²) in [5.41, 5.74) is -0.817. The van der Waals surface area contributed by atoms with Crippen molar-refractivity contribution in [3.8, 4) is 0 Å². The summed E-state index contributed by atoms with van der Waals surface area (Å²) in [5.74, 6) is -1.88. The number of aliphatic carboxylic acids is 1. The van der Waals surface area contributed by atoms with Gasteiger partial charge >= 0.3 is 5.97 Å². The molecule has 0 fully saturated rings. The predicted molar refractivity (Wildman–Crippen MR) is 79.2 cm³/mol. The second kappa shape index (κ2) is 5.50. The average Bonchev–Trinajstić information content (AvgIpc) is 2.73. The van der Waals surface area contributed by atoms with Gasteiger partial charge in [-0.1, -0.05) is 15.9 Å². The summed E-state index contributed by atoms with van der Waals surface area (Å²) in [6.07, 6.45) is 0. The normalized spacial score (nSPS) is 13.9. The van der Waals surface area contributed by atoms with Gasteiger partial charge in [-0.05, 0) is 32.0 Å². The molecule has 1 amide bonds. The van der Waals surface area contributed by atoms with Gasteiger partial charge in [0.25, 0.3) is 5.91 Å². The van der Waals surface area contributed by atoms with Crippen molar-refractivity contribution in [1.82, 2.24) is 5.32 Å². The summed E-state index contributed by atoms with van der Waals surface area (Å²) in [6.45, 7) is 2.43. The van der Waals surface area contributed by atoms with Gasteiger partial charge in [0.1, 0.15) is 5.58 Å². The van der Waals surface area contributed by atoms with Crippen LogP contribution in [0.15, 0.2) is 27.1 Å². The minimum atomic E-state index is -2.03. The summed E-state index contributed by atoms with van der Waals surface area (Å²) in [7, 11) is 0. The number of carboxylic acids is 1. The summed E-state index contributed by atoms with van der Waals surface area (Å²) in [4.78, 5) is 22.9. The molecule has 3 N–H and O–H groups in total. The maximum Gasteiger partial charge on any atom is 0.337 e. The van der Waals surface area contributed by atoms with Crippen molar-refractivity contribution < 1.29 is 24.2 Å². The number of nitrogens with one attached hydrogen (secondary N) is 1. The van der Waals surface area contributed by atoms with Crippen LogP contribution in [-0.2, 0) is 4.79 Å². The highest BCUT2D eigenvalue weighted by Gasteiger charge is 2.31. The van der Waals surface area contributed by atoms with E-state index in [1.54, 1.807) is 19.1 Å². The predicted octanol–water partition coefficient (Wildman–Crippen LogP) is 2.07. The Morgan fingerprint density at radius 1 is 1.43 bits per heavy atom. The molecule has 2 rings (SSSR count). The zero-order chi connectivity index (χ0) is 15.8. The standard InChI is InChI=1S/C14H14BrNO5/c1-7-9-5-8(15)3-4-10(9)21-11(7)12(17)16-6-14(2,20)13(18)19/h3-5,20H,6H2,1-2H3,(H,16,17)(H,18,19). The van der Waals surface area contributed by atoms with Gasteiger partial charge in [0.2, 0.25) is 0 Å². The van der Waals surface area contributed by atoms with Gasteiger partial charge in [-0.25, -0.2) is 4.79 Å². The highest BCUT2D eigenvalue weighted by Crippen LogP contribution is 2.28. The van der Waals surface area contributed by atoms with Gasteiger partial charge < -0.3 is 19.9 Å². The Balaban J connectivity index is 2.24. The molecule has 0 radical (unpaired) electrons. The fourth-order valence-corrected chi connectivity index (χ4v) is 2.18. The van der Waals surface area contributed by atoms with E-state index in [1.165, 1.54) is 0 Å². The average molecular weight is 356 g/mol. The highest BCUT2D eigenvalue weighted by atomic mass is 79.9. The first-order valence-corrected chi connectivity index (χ1v) is 6.94. The third-order valence-electron chi connectivity index (χ3n) is 3.16. The zero-order valence-electron chi connectivity index (χ0n) is 11.4. The van der Waals surface area contributed by atoms with Crippen LogP contribution in [0.2, 0.25) is 0 Å². The topological polar surface area (TPSA) is 99.8 Å². The quantitative estimate of drug-likeness (QED) is 0.779. The van der Waals surface area contributed by atoms with Crippen LogP contribution in [0, 0.1) is 6.92 Å². The lowest BCUT2D eigenvalue weighted by molar-refractivity contribution is -0.155. The van der Waals surface area contributed by atoms with E-state index in [1.807, 2.05) is 6.07 Å². The Hall–Kier alpha value is -1.86. The Bertz CT molecular complexity index is 719. The van der Waals surface area contributed by atoms with E-state index >= 15 is 0 Å². The number of furan rings is 1. The molecule has 0 aliphatic carbocycles. The van der Waals surface area contributed by atoms with Crippen LogP contribution < -0.4 is 5.32 Å². The smallest absolute Gasteiger partial charge is 0.337 e. The van der Waals surface area contributed by atoms with Gasteiger partial charge in [0.15, 0.2) is 11.4 Å². The first kappa shape index (κ1) is 15.5. The summed E-state index contributed by atoms with van der Waals surface area (Å²) in [5, 5.41) is 21.5. The van der Waals surface area contributed by atoms with Crippen molar-refractivity contribution in [2.24, 2.45) is 0 Å². The van der Waals surface area contributed by atoms with Gasteiger partial charge in [-0.15, -0.1) is 0 Å². The maximum atomic E-state index is 12.1. The number of carboxylic acid groups (broad SMARTS) is 1. The molecule has 2 aromatic rings. The first-order valence-electron chi connectivity index (χ1n) is 6.15. The number of hydrogen-bond donors (Lipinski definition) is 3. The van der Waals surface area contributed by atoms with Crippen molar-refractivity contribution in [2.75, 3.05) is 6.54 Å². The summed E-state index contributed by atoms with van der Waals surface area (Å²) < 4.78 is 6.34. The summed E-state index contributed by atoms with van der Waals surface area (Å²) >= 11 is 3.35. The molecule has 0 bridgehead atoms. The zero-order valence-corrected chi connectivity index (χ0v) is 13.0. The summed E-state index contributed by atoms with van der Waals surface area (Å²) in [6, 6.07) is 5.36. The molecule has 112 valence electrons. The molecule has 1 aromatic carbocycles. The Morgan fingerprint density at radius 2 is 2.10 bits per heavy atom. The van der Waals surface area contributed by atoms with E-state index in [9.17, 15) is 14.7 Å². The number of amides is 1. The maximum absolute atomic E-state index is 12.1. The number of rotatable bonds is 4. The molecule has 0 spiro atoms. The molecule has 0 aliphatic heterocycles. The number of halogens is 1. The first-order chi connectivity index (χ1) is 9.72. The number of hydrogen-bond acceptors (Lipinski definition) is 4. The van der Waals surface area contributed by atoms with Crippen LogP contribution in [-0.4, -0.2) is 34.2 Å². The molecular formula is C14H14BrNO5. The Kier molecular flexibility index (Phi) is 4.06. The molecule has 1 atom stereocenters. The Labute approximate surface area is 128 Å². The number of fused-ring (bicyclic) bond motifs is 1. The number of aliphatic hydroxyl groups is 1. The lowest BCUT2D eigenvalue weighted by Crippen LogP contribution is -2.46. The van der Waals surface area contributed by atoms with E-state index in [0.29, 0.717) is 11.1 Å². The van der Waals surface area contributed by atoms with Gasteiger partial charge in [-0.3, -0.25) is 4.79 Å². The molecule has 1 aromatic heterocycles. The van der Waals surface area contributed by atoms with E-state index in [-0.39, 0.29) is 5.76 Å². The molecular weight excluding hydrogens is 342 g/mol. The monoisotopic (exact) mass is 355 g/mol. The second-order valence-electron chi connectivity index (χ2n) is 4.96. The lowest BCUT2D eigenvalue weighted by atomic mass is 10.1. The number of carbonyl (C=O) groups excluding carboxylic acids is 1. The van der Waals surface area contributed by atoms with Crippen LogP contribution in [0.4, 0.5) is 0 Å². The second-order valence-corrected chi connectivity index (χ2v) is 5.87. The number of benzene rings is 1. The molecule has 0 saturated carbocycles. The van der Waals surface area contributed by atoms with Gasteiger partial charge in [0, 0.05) is 15.4 Å². The van der Waals surface area contributed by atoms with E-state index in [4.69, 9.17) is 9.52 Å². The molecule has 0 saturated heterocycles. The van der Waals surface area contributed by atoms with E-state index in [0.717, 1.165) is 16.8 Å². The molecule has 7 heteroatoms. The molecule has 1 heterocycles. The largest absolute Gasteiger partial charge is 0.479 e. The van der Waals surface area contributed by atoms with Gasteiger partial charge in [-0.2, -0.15) is 0 Å². The molecule has 21 heavy (non-hydrogen) atoms. The van der Waals surface area contributed by atoms with Crippen LogP contribution in [0.25, 0.3) is 11.0 Å². The SMILES string of the molecule is Cc1c(C(=O)NCC(C)(O)C(=O)O)oc2ccc(Br)cc12. The van der Waals surface area contributed by atoms with Crippen LogP contribution in [0.3, 0.4) is 0 Å². The third-order valence-corrected chi connectivity index (χ3v) is 3.65. The highest BCUT2D eigenvalue weighted by molar-refractivity contribution is 9.10. The van der Waals surface area contributed by atoms with Crippen LogP contribution in [0.5, 0.6) is 0 Å². The number of carbonyl (C=O) groups is 2. The van der Waals surface area contributed by atoms with Crippen molar-refractivity contribution in [3.05, 3.63) is 34.0 Å². The van der Waals surface area contributed by atoms with E-state index in [2.05, 4.69) is 21.2 Å². The third kappa shape index (κ3) is 3.08. The van der Waals surface area contributed by atoms with Crippen LogP contribution >= 0.6 is 15.9 Å². The van der Waals surface area contributed by atoms with Crippen molar-refractivity contribution in [2.45, 2.75) is 19.4 Å². The fraction of sp³-hybridized carbons (Fsp3) is 0.286. The van der Waals surface area contributed by atoms with Gasteiger partial charge in [0.05, 0.1) is 6.54 Å². The molecule has 0 aliphatic rings. The lowest BCUT2D eigenvalue weighted by Gasteiger charge is -2.17. The molecule has 1 unspecified atom stereocenters. The Morgan fingerprint density at radius 3 is 2.71 bits per heavy atom. The van der Waals surface area contributed by atoms with Crippen LogP contribution in [0.1, 0.15) is 23.0 Å². The van der Waals surface area contributed by atoms with Crippen molar-refractivity contribution >= 4 is 38.8 Å². The fourth-order valence-electron chi connectivity index (χ4n) is 1.82. The minimum Gasteiger partial charge on any atom is -0.479 e. The molecule has 6 nitrogen and oxygen atoms in total. The van der Waals surface area contributed by atoms with Crippen molar-refractivity contribution in [3.63, 3.8) is 0 Å². The van der Waals surface area contributed by atoms with Crippen molar-refractivity contribution in [1.29, 1.82) is 0 Å². The van der Waals surface area contributed by atoms with E-state index < -0.39 is 24.0 Å². The number of aryl methyl sites for hydroxylation is 1. The minimum absolute atomic E-state index is 0.101.